The van der Waals surface area contributed by atoms with E-state index in [1.54, 1.807) is 0 Å². The van der Waals surface area contributed by atoms with Gasteiger partial charge in [-0.05, 0) is 132 Å². The molecule has 0 saturated carbocycles. The Labute approximate surface area is 384 Å². The normalized spacial score (nSPS) is 11.3. The highest BCUT2D eigenvalue weighted by molar-refractivity contribution is 6.08. The minimum absolute atomic E-state index is 0.875. The summed E-state index contributed by atoms with van der Waals surface area (Å²) in [5.41, 5.74) is 17.0. The minimum atomic E-state index is 0.875. The van der Waals surface area contributed by atoms with Crippen LogP contribution in [0.4, 0.5) is 17.1 Å². The van der Waals surface area contributed by atoms with Crippen LogP contribution in [-0.2, 0) is 0 Å². The first-order valence-corrected chi connectivity index (χ1v) is 22.6. The van der Waals surface area contributed by atoms with Crippen LogP contribution in [0.1, 0.15) is 0 Å². The molecule has 0 radical (unpaired) electrons. The highest BCUT2D eigenvalue weighted by Gasteiger charge is 2.16. The molecule has 0 bridgehead atoms. The number of nitrogens with zero attached hydrogens (tertiary/aromatic N) is 1. The summed E-state index contributed by atoms with van der Waals surface area (Å²) in [6.07, 6.45) is 0. The second-order valence-corrected chi connectivity index (χ2v) is 16.9. The Hall–Kier alpha value is -8.72. The first-order valence-electron chi connectivity index (χ1n) is 22.6. The molecule has 0 spiro atoms. The van der Waals surface area contributed by atoms with Crippen molar-refractivity contribution in [2.45, 2.75) is 0 Å². The summed E-state index contributed by atoms with van der Waals surface area (Å²) in [5, 5.41) is 6.17. The number of benzene rings is 11. The summed E-state index contributed by atoms with van der Waals surface area (Å²) in [4.78, 5) is 2.35. The van der Waals surface area contributed by atoms with Crippen LogP contribution in [0.25, 0.3) is 99.5 Å². The van der Waals surface area contributed by atoms with Crippen LogP contribution in [0.15, 0.2) is 265 Å². The van der Waals surface area contributed by atoms with E-state index in [9.17, 15) is 0 Å². The molecule has 66 heavy (non-hydrogen) atoms. The van der Waals surface area contributed by atoms with Crippen molar-refractivity contribution < 1.29 is 4.42 Å². The van der Waals surface area contributed by atoms with Crippen molar-refractivity contribution in [3.8, 4) is 67.0 Å². The van der Waals surface area contributed by atoms with Crippen LogP contribution in [0.5, 0.6) is 0 Å². The number of hydrogen-bond acceptors (Lipinski definition) is 2. The monoisotopic (exact) mass is 841 g/mol. The fourth-order valence-corrected chi connectivity index (χ4v) is 9.44. The lowest BCUT2D eigenvalue weighted by Crippen LogP contribution is -2.09. The minimum Gasteiger partial charge on any atom is -0.456 e. The third-order valence-corrected chi connectivity index (χ3v) is 12.9. The molecule has 0 aliphatic carbocycles. The Morgan fingerprint density at radius 3 is 1.24 bits per heavy atom. The third-order valence-electron chi connectivity index (χ3n) is 12.9. The van der Waals surface area contributed by atoms with Gasteiger partial charge in [0.1, 0.15) is 11.3 Å². The smallest absolute Gasteiger partial charge is 0.136 e. The quantitative estimate of drug-likeness (QED) is 0.135. The maximum atomic E-state index is 6.30. The number of furan rings is 1. The number of para-hydroxylation sites is 1. The Balaban J connectivity index is 0.857. The molecule has 0 atom stereocenters. The Morgan fingerprint density at radius 1 is 0.242 bits per heavy atom. The lowest BCUT2D eigenvalue weighted by atomic mass is 9.95. The van der Waals surface area contributed by atoms with Crippen LogP contribution in [0.2, 0.25) is 0 Å². The van der Waals surface area contributed by atoms with Gasteiger partial charge < -0.3 is 9.32 Å². The molecule has 1 heterocycles. The van der Waals surface area contributed by atoms with Gasteiger partial charge in [-0.3, -0.25) is 0 Å². The summed E-state index contributed by atoms with van der Waals surface area (Å²) >= 11 is 0. The average molecular weight is 842 g/mol. The fraction of sp³-hybridized carbons (Fsp3) is 0. The van der Waals surface area contributed by atoms with Crippen molar-refractivity contribution in [3.63, 3.8) is 0 Å². The molecule has 12 aromatic rings. The van der Waals surface area contributed by atoms with Crippen molar-refractivity contribution in [2.24, 2.45) is 0 Å². The fourth-order valence-electron chi connectivity index (χ4n) is 9.44. The molecule has 2 nitrogen and oxygen atoms in total. The van der Waals surface area contributed by atoms with E-state index in [0.717, 1.165) is 61.6 Å². The van der Waals surface area contributed by atoms with E-state index < -0.39 is 0 Å². The second-order valence-electron chi connectivity index (χ2n) is 16.9. The zero-order chi connectivity index (χ0) is 43.8. The van der Waals surface area contributed by atoms with Crippen molar-refractivity contribution in [3.05, 3.63) is 261 Å². The van der Waals surface area contributed by atoms with E-state index in [1.807, 2.05) is 18.2 Å². The maximum Gasteiger partial charge on any atom is 0.136 e. The molecule has 2 heteroatoms. The molecule has 1 aromatic heterocycles. The van der Waals surface area contributed by atoms with Gasteiger partial charge in [0.15, 0.2) is 0 Å². The number of anilines is 3. The highest BCUT2D eigenvalue weighted by atomic mass is 16.3. The molecular weight excluding hydrogens is 799 g/mol. The van der Waals surface area contributed by atoms with Gasteiger partial charge in [0.25, 0.3) is 0 Å². The number of rotatable bonds is 9. The van der Waals surface area contributed by atoms with Gasteiger partial charge in [-0.15, -0.1) is 0 Å². The van der Waals surface area contributed by atoms with E-state index in [-0.39, 0.29) is 0 Å². The first-order chi connectivity index (χ1) is 32.7. The van der Waals surface area contributed by atoms with E-state index >= 15 is 0 Å². The molecule has 0 unspecified atom stereocenters. The predicted molar refractivity (Wildman–Crippen MR) is 279 cm³/mol. The summed E-state index contributed by atoms with van der Waals surface area (Å²) < 4.78 is 6.30. The molecule has 0 aliphatic heterocycles. The largest absolute Gasteiger partial charge is 0.456 e. The number of fused-ring (bicyclic) bond motifs is 4. The number of hydrogen-bond donors (Lipinski definition) is 0. The molecule has 12 rings (SSSR count). The standard InChI is InChI=1S/C64H43NO/c1-2-10-44(11-3-1)45-18-20-46(21-19-45)48-28-35-56(36-29-48)65(58-39-32-50(33-40-58)53-34-41-61-54(42-53)27-26-51-12-4-6-14-59(51)61)57-37-30-49(31-38-57)47-22-24-52(25-23-47)60-15-7-8-16-62(60)64-43-55-13-5-9-17-63(55)66-64/h1-43H. The average Bonchev–Trinajstić information content (AvgIpc) is 3.84. The van der Waals surface area contributed by atoms with Crippen molar-refractivity contribution in [2.75, 3.05) is 4.90 Å². The van der Waals surface area contributed by atoms with E-state index in [2.05, 4.69) is 248 Å². The summed E-state index contributed by atoms with van der Waals surface area (Å²) in [6.45, 7) is 0. The summed E-state index contributed by atoms with van der Waals surface area (Å²) in [7, 11) is 0. The van der Waals surface area contributed by atoms with Crippen LogP contribution in [0, 0.1) is 0 Å². The van der Waals surface area contributed by atoms with Gasteiger partial charge in [-0.25, -0.2) is 0 Å². The van der Waals surface area contributed by atoms with Crippen molar-refractivity contribution >= 4 is 49.6 Å². The topological polar surface area (TPSA) is 16.4 Å². The van der Waals surface area contributed by atoms with Crippen molar-refractivity contribution in [1.82, 2.24) is 0 Å². The van der Waals surface area contributed by atoms with Crippen LogP contribution in [-0.4, -0.2) is 0 Å². The second kappa shape index (κ2) is 16.8. The molecular formula is C64H43NO. The zero-order valence-electron chi connectivity index (χ0n) is 36.2. The molecule has 0 fully saturated rings. The Morgan fingerprint density at radius 2 is 0.652 bits per heavy atom. The molecule has 11 aromatic carbocycles. The van der Waals surface area contributed by atoms with Gasteiger partial charge in [0, 0.05) is 28.0 Å². The predicted octanol–water partition coefficient (Wildman–Crippen LogP) is 18.2. The molecule has 0 amide bonds. The third kappa shape index (κ3) is 7.41. The van der Waals surface area contributed by atoms with Crippen LogP contribution >= 0.6 is 0 Å². The molecule has 0 saturated heterocycles. The van der Waals surface area contributed by atoms with E-state index in [4.69, 9.17) is 4.42 Å². The van der Waals surface area contributed by atoms with Gasteiger partial charge in [0.05, 0.1) is 0 Å². The van der Waals surface area contributed by atoms with Crippen LogP contribution in [0.3, 0.4) is 0 Å². The lowest BCUT2D eigenvalue weighted by Gasteiger charge is -2.26. The molecule has 0 aliphatic rings. The van der Waals surface area contributed by atoms with Gasteiger partial charge in [-0.1, -0.05) is 206 Å². The van der Waals surface area contributed by atoms with E-state index in [1.165, 1.54) is 54.9 Å². The lowest BCUT2D eigenvalue weighted by molar-refractivity contribution is 0.632. The van der Waals surface area contributed by atoms with E-state index in [0.29, 0.717) is 0 Å². The first kappa shape index (κ1) is 38.9. The van der Waals surface area contributed by atoms with Gasteiger partial charge in [0.2, 0.25) is 0 Å². The zero-order valence-corrected chi connectivity index (χ0v) is 36.2. The maximum absolute atomic E-state index is 6.30. The van der Waals surface area contributed by atoms with Crippen LogP contribution < -0.4 is 4.90 Å². The molecule has 0 N–H and O–H groups in total. The highest BCUT2D eigenvalue weighted by Crippen LogP contribution is 2.40. The Kier molecular flexibility index (Phi) is 9.89. The summed E-state index contributed by atoms with van der Waals surface area (Å²) in [6, 6.07) is 93.8. The molecule has 310 valence electrons. The SMILES string of the molecule is c1ccc(-c2ccc(-c3ccc(N(c4ccc(-c5ccc(-c6ccccc6-c6cc7ccccc7o6)cc5)cc4)c4ccc(-c5ccc6c(ccc7ccccc76)c5)cc4)cc3)cc2)cc1. The Bertz CT molecular complexity index is 3610. The van der Waals surface area contributed by atoms with Gasteiger partial charge >= 0.3 is 0 Å². The summed E-state index contributed by atoms with van der Waals surface area (Å²) in [5.74, 6) is 0.875. The van der Waals surface area contributed by atoms with Crippen molar-refractivity contribution in [1.29, 1.82) is 0 Å². The van der Waals surface area contributed by atoms with Gasteiger partial charge in [-0.2, -0.15) is 0 Å².